The Labute approximate surface area is 159 Å². The summed E-state index contributed by atoms with van der Waals surface area (Å²) in [4.78, 5) is 0. The van der Waals surface area contributed by atoms with Crippen LogP contribution in [-0.2, 0) is 14.2 Å². The van der Waals surface area contributed by atoms with Crippen LogP contribution in [0.4, 0.5) is 0 Å². The van der Waals surface area contributed by atoms with Crippen molar-refractivity contribution >= 4 is 0 Å². The summed E-state index contributed by atoms with van der Waals surface area (Å²) in [7, 11) is 0. The molecule has 26 heavy (non-hydrogen) atoms. The van der Waals surface area contributed by atoms with E-state index in [4.69, 9.17) is 14.2 Å². The molecule has 154 valence electrons. The molecule has 0 spiro atoms. The predicted molar refractivity (Wildman–Crippen MR) is 102 cm³/mol. The van der Waals surface area contributed by atoms with Gasteiger partial charge in [-0.15, -0.1) is 0 Å². The van der Waals surface area contributed by atoms with Gasteiger partial charge in [0, 0.05) is 6.61 Å². The number of unbranched alkanes of at least 4 members (excludes halogenated alkanes) is 9. The van der Waals surface area contributed by atoms with Gasteiger partial charge in [-0.05, 0) is 27.2 Å². The van der Waals surface area contributed by atoms with Crippen molar-refractivity contribution in [3.63, 3.8) is 0 Å². The minimum Gasteiger partial charge on any atom is -0.391 e. The van der Waals surface area contributed by atoms with E-state index in [0.717, 1.165) is 12.8 Å². The fourth-order valence-corrected chi connectivity index (χ4v) is 4.08. The summed E-state index contributed by atoms with van der Waals surface area (Å²) < 4.78 is 17.5. The van der Waals surface area contributed by atoms with Crippen LogP contribution in [0.15, 0.2) is 0 Å². The lowest BCUT2D eigenvalue weighted by atomic mass is 9.83. The minimum absolute atomic E-state index is 0.411. The van der Waals surface area contributed by atoms with Crippen LogP contribution in [-0.4, -0.2) is 52.6 Å². The monoisotopic (exact) mass is 372 g/mol. The molecule has 1 unspecified atom stereocenters. The summed E-state index contributed by atoms with van der Waals surface area (Å²) in [6, 6.07) is 0. The zero-order valence-electron chi connectivity index (χ0n) is 17.2. The molecule has 0 amide bonds. The highest BCUT2D eigenvalue weighted by Crippen LogP contribution is 2.52. The molecule has 5 nitrogen and oxygen atoms in total. The van der Waals surface area contributed by atoms with Gasteiger partial charge in [0.15, 0.2) is 0 Å². The molecule has 0 radical (unpaired) electrons. The second-order valence-corrected chi connectivity index (χ2v) is 8.59. The highest BCUT2D eigenvalue weighted by molar-refractivity contribution is 5.14. The van der Waals surface area contributed by atoms with Crippen molar-refractivity contribution in [2.24, 2.45) is 0 Å². The van der Waals surface area contributed by atoms with Gasteiger partial charge in [0.2, 0.25) is 5.79 Å². The van der Waals surface area contributed by atoms with E-state index >= 15 is 0 Å². The number of hydrogen-bond acceptors (Lipinski definition) is 5. The van der Waals surface area contributed by atoms with Gasteiger partial charge in [-0.1, -0.05) is 64.7 Å². The van der Waals surface area contributed by atoms with Crippen molar-refractivity contribution in [3.8, 4) is 0 Å². The predicted octanol–water partition coefficient (Wildman–Crippen LogP) is 3.94. The molecule has 0 aromatic heterocycles. The summed E-state index contributed by atoms with van der Waals surface area (Å²) in [5.41, 5.74) is -0.764. The molecule has 2 rings (SSSR count). The van der Waals surface area contributed by atoms with E-state index in [2.05, 4.69) is 6.92 Å². The first-order valence-electron chi connectivity index (χ1n) is 10.7. The normalized spacial score (nSPS) is 33.7. The topological polar surface area (TPSA) is 68.2 Å². The molecule has 0 saturated carbocycles. The summed E-state index contributed by atoms with van der Waals surface area (Å²) in [6.45, 7) is 8.13. The van der Waals surface area contributed by atoms with Gasteiger partial charge < -0.3 is 24.4 Å². The van der Waals surface area contributed by atoms with Gasteiger partial charge in [0.25, 0.3) is 0 Å². The van der Waals surface area contributed by atoms with Crippen LogP contribution in [0.1, 0.15) is 91.9 Å². The molecule has 2 fully saturated rings. The Kier molecular flexibility index (Phi) is 8.35. The average Bonchev–Trinajstić information content (AvgIpc) is 2.83. The highest BCUT2D eigenvalue weighted by Gasteiger charge is 2.72. The minimum atomic E-state index is -1.36. The zero-order valence-corrected chi connectivity index (χ0v) is 17.2. The van der Waals surface area contributed by atoms with Gasteiger partial charge >= 0.3 is 0 Å². The van der Waals surface area contributed by atoms with Crippen molar-refractivity contribution in [2.45, 2.75) is 128 Å². The van der Waals surface area contributed by atoms with Gasteiger partial charge in [-0.2, -0.15) is 0 Å². The summed E-state index contributed by atoms with van der Waals surface area (Å²) in [5, 5.41) is 20.7. The van der Waals surface area contributed by atoms with Crippen LogP contribution >= 0.6 is 0 Å². The molecule has 0 bridgehead atoms. The van der Waals surface area contributed by atoms with E-state index in [1.807, 2.05) is 0 Å². The Morgan fingerprint density at radius 2 is 1.46 bits per heavy atom. The fourth-order valence-electron chi connectivity index (χ4n) is 4.08. The second kappa shape index (κ2) is 9.83. The summed E-state index contributed by atoms with van der Waals surface area (Å²) in [6.07, 6.45) is 10.6. The fraction of sp³-hybridized carbons (Fsp3) is 1.00. The highest BCUT2D eigenvalue weighted by atomic mass is 16.8. The molecule has 2 aliphatic heterocycles. The van der Waals surface area contributed by atoms with Gasteiger partial charge in [-0.3, -0.25) is 0 Å². The first-order chi connectivity index (χ1) is 12.3. The third-order valence-corrected chi connectivity index (χ3v) is 5.89. The number of rotatable bonds is 13. The Morgan fingerprint density at radius 3 is 1.96 bits per heavy atom. The number of aliphatic hydroxyl groups is 2. The molecule has 5 heteroatoms. The van der Waals surface area contributed by atoms with Crippen LogP contribution in [0, 0.1) is 0 Å². The van der Waals surface area contributed by atoms with Gasteiger partial charge in [-0.25, -0.2) is 0 Å². The molecule has 2 heterocycles. The maximum atomic E-state index is 10.7. The molecule has 2 saturated heterocycles. The molecule has 2 N–H and O–H groups in total. The molecule has 0 aromatic carbocycles. The quantitative estimate of drug-likeness (QED) is 0.479. The van der Waals surface area contributed by atoms with E-state index in [-0.39, 0.29) is 0 Å². The van der Waals surface area contributed by atoms with Crippen LogP contribution in [0.5, 0.6) is 0 Å². The van der Waals surface area contributed by atoms with Crippen LogP contribution in [0.25, 0.3) is 0 Å². The second-order valence-electron chi connectivity index (χ2n) is 8.59. The lowest BCUT2D eigenvalue weighted by molar-refractivity contribution is -0.416. The van der Waals surface area contributed by atoms with E-state index in [9.17, 15) is 10.2 Å². The molecular formula is C21H40O5. The maximum Gasteiger partial charge on any atom is 0.225 e. The van der Waals surface area contributed by atoms with Crippen molar-refractivity contribution in [2.75, 3.05) is 6.61 Å². The average molecular weight is 373 g/mol. The van der Waals surface area contributed by atoms with E-state index < -0.39 is 35.8 Å². The Balaban J connectivity index is 1.59. The lowest BCUT2D eigenvalue weighted by Gasteiger charge is -2.53. The van der Waals surface area contributed by atoms with Crippen molar-refractivity contribution in [1.82, 2.24) is 0 Å². The summed E-state index contributed by atoms with van der Waals surface area (Å²) >= 11 is 0. The standard InChI is InChI=1S/C21H40O5/c1-5-6-7-8-9-10-11-12-13-14-15-24-18-17(16(2)22)25-21(23)19(18)26-20(21,3)4/h16-19,22-23H,5-15H2,1-4H3/t16-,17-,18+,19-,21?/m1/s1. The molecule has 2 aliphatic rings. The zero-order chi connectivity index (χ0) is 19.2. The van der Waals surface area contributed by atoms with Crippen LogP contribution in [0.2, 0.25) is 0 Å². The Bertz CT molecular complexity index is 409. The Hall–Kier alpha value is -0.200. The molecule has 0 aliphatic carbocycles. The molecule has 0 aromatic rings. The van der Waals surface area contributed by atoms with Crippen molar-refractivity contribution < 1.29 is 24.4 Å². The Morgan fingerprint density at radius 1 is 0.923 bits per heavy atom. The van der Waals surface area contributed by atoms with Gasteiger partial charge in [0.05, 0.1) is 6.10 Å². The van der Waals surface area contributed by atoms with E-state index in [1.165, 1.54) is 51.4 Å². The third kappa shape index (κ3) is 4.99. The number of aliphatic hydroxyl groups excluding tert-OH is 1. The van der Waals surface area contributed by atoms with Crippen molar-refractivity contribution in [1.29, 1.82) is 0 Å². The smallest absolute Gasteiger partial charge is 0.225 e. The number of hydrogen-bond donors (Lipinski definition) is 2. The lowest BCUT2D eigenvalue weighted by Crippen LogP contribution is -2.72. The van der Waals surface area contributed by atoms with Gasteiger partial charge in [0.1, 0.15) is 23.9 Å². The number of fused-ring (bicyclic) bond motifs is 1. The molecule has 5 atom stereocenters. The first kappa shape index (κ1) is 22.1. The maximum absolute atomic E-state index is 10.7. The van der Waals surface area contributed by atoms with E-state index in [1.54, 1.807) is 20.8 Å². The molecular weight excluding hydrogens is 332 g/mol. The third-order valence-electron chi connectivity index (χ3n) is 5.89. The SMILES string of the molecule is CCCCCCCCCCCCO[C@H]1[C@@H]([C@@H](C)O)OC2(O)[C@@H]1OC2(C)C. The number of ether oxygens (including phenoxy) is 3. The van der Waals surface area contributed by atoms with Crippen LogP contribution in [0.3, 0.4) is 0 Å². The summed E-state index contributed by atoms with van der Waals surface area (Å²) in [5.74, 6) is -1.36. The van der Waals surface area contributed by atoms with Crippen LogP contribution < -0.4 is 0 Å². The largest absolute Gasteiger partial charge is 0.391 e. The first-order valence-corrected chi connectivity index (χ1v) is 10.7. The van der Waals surface area contributed by atoms with Crippen molar-refractivity contribution in [3.05, 3.63) is 0 Å². The van der Waals surface area contributed by atoms with E-state index in [0.29, 0.717) is 6.61 Å².